The molecule has 0 radical (unpaired) electrons. The molecule has 1 aliphatic rings. The van der Waals surface area contributed by atoms with Gasteiger partial charge in [-0.3, -0.25) is 4.79 Å². The molecule has 1 atom stereocenters. The van der Waals surface area contributed by atoms with E-state index in [4.69, 9.17) is 0 Å². The number of benzene rings is 4. The number of Topliss-reactive ketones (excluding diaryl/α,β-unsaturated/α-hetero) is 1. The average Bonchev–Trinajstić information content (AvgIpc) is 2.90. The van der Waals surface area contributed by atoms with Gasteiger partial charge >= 0.3 is 0 Å². The molecule has 0 spiro atoms. The third-order valence-electron chi connectivity index (χ3n) is 7.44. The maximum Gasteiger partial charge on any atom is 0.133 e. The second-order valence-electron chi connectivity index (χ2n) is 9.37. The molecule has 0 amide bonds. The quantitative estimate of drug-likeness (QED) is 0.323. The van der Waals surface area contributed by atoms with Gasteiger partial charge in [0, 0.05) is 6.42 Å². The van der Waals surface area contributed by atoms with Gasteiger partial charge < -0.3 is 0 Å². The van der Waals surface area contributed by atoms with Crippen LogP contribution in [0.15, 0.2) is 121 Å². The van der Waals surface area contributed by atoms with E-state index < -0.39 is 14.5 Å². The van der Waals surface area contributed by atoms with E-state index in [9.17, 15) is 4.79 Å². The van der Waals surface area contributed by atoms with E-state index in [0.717, 1.165) is 12.3 Å². The van der Waals surface area contributed by atoms with Gasteiger partial charge in [0.15, 0.2) is 0 Å². The van der Waals surface area contributed by atoms with Crippen LogP contribution in [0.25, 0.3) is 0 Å². The second-order valence-corrected chi connectivity index (χ2v) is 17.1. The lowest BCUT2D eigenvalue weighted by molar-refractivity contribution is -0.116. The first-order chi connectivity index (χ1) is 16.6. The van der Waals surface area contributed by atoms with E-state index in [1.54, 1.807) is 6.92 Å². The van der Waals surface area contributed by atoms with Crippen LogP contribution in [0.2, 0.25) is 0 Å². The van der Waals surface area contributed by atoms with Crippen molar-refractivity contribution in [2.24, 2.45) is 0 Å². The molecule has 0 bridgehead atoms. The molecule has 5 rings (SSSR count). The first-order valence-corrected chi connectivity index (χ1v) is 16.3. The SMILES string of the molecule is CC(=O)CC1C[P+](c2ccccc2)(c2ccccc2)CC[P+]1(c1ccccc1)c1ccccc1. The van der Waals surface area contributed by atoms with Gasteiger partial charge in [-0.1, -0.05) is 72.8 Å². The number of carbonyl (C=O) groups is 1. The minimum Gasteiger partial charge on any atom is -0.300 e. The van der Waals surface area contributed by atoms with Crippen LogP contribution in [0, 0.1) is 0 Å². The van der Waals surface area contributed by atoms with E-state index >= 15 is 0 Å². The molecular weight excluding hydrogens is 450 g/mol. The molecule has 1 heterocycles. The van der Waals surface area contributed by atoms with Crippen LogP contribution in [-0.2, 0) is 4.79 Å². The number of hydrogen-bond acceptors (Lipinski definition) is 1. The molecule has 1 aliphatic heterocycles. The Morgan fingerprint density at radius 1 is 0.618 bits per heavy atom. The summed E-state index contributed by atoms with van der Waals surface area (Å²) in [7, 11) is -3.43. The van der Waals surface area contributed by atoms with Gasteiger partial charge in [0.1, 0.15) is 29.9 Å². The molecule has 1 fully saturated rings. The van der Waals surface area contributed by atoms with Gasteiger partial charge in [0.25, 0.3) is 0 Å². The molecule has 1 nitrogen and oxygen atoms in total. The lowest BCUT2D eigenvalue weighted by Crippen LogP contribution is -2.46. The highest BCUT2D eigenvalue weighted by molar-refractivity contribution is 7.96. The van der Waals surface area contributed by atoms with Gasteiger partial charge in [-0.15, -0.1) is 0 Å². The van der Waals surface area contributed by atoms with Crippen molar-refractivity contribution in [2.45, 2.75) is 19.0 Å². The maximum absolute atomic E-state index is 12.8. The molecule has 0 aliphatic carbocycles. The van der Waals surface area contributed by atoms with Crippen molar-refractivity contribution in [2.75, 3.05) is 18.5 Å². The van der Waals surface area contributed by atoms with Gasteiger partial charge in [0.2, 0.25) is 0 Å². The topological polar surface area (TPSA) is 17.1 Å². The van der Waals surface area contributed by atoms with Crippen LogP contribution in [0.5, 0.6) is 0 Å². The minimum absolute atomic E-state index is 0.308. The van der Waals surface area contributed by atoms with Gasteiger partial charge in [-0.2, -0.15) is 0 Å². The summed E-state index contributed by atoms with van der Waals surface area (Å²) >= 11 is 0. The van der Waals surface area contributed by atoms with Crippen molar-refractivity contribution in [1.29, 1.82) is 0 Å². The Bertz CT molecular complexity index is 1140. The first kappa shape index (κ1) is 23.2. The van der Waals surface area contributed by atoms with E-state index in [2.05, 4.69) is 121 Å². The Labute approximate surface area is 204 Å². The Balaban J connectivity index is 1.72. The smallest absolute Gasteiger partial charge is 0.133 e. The maximum atomic E-state index is 12.8. The van der Waals surface area contributed by atoms with Crippen LogP contribution in [0.1, 0.15) is 13.3 Å². The van der Waals surface area contributed by atoms with Crippen LogP contribution in [0.3, 0.4) is 0 Å². The summed E-state index contributed by atoms with van der Waals surface area (Å²) in [4.78, 5) is 12.8. The fourth-order valence-electron chi connectivity index (χ4n) is 5.92. The molecule has 1 saturated heterocycles. The van der Waals surface area contributed by atoms with Crippen molar-refractivity contribution in [3.63, 3.8) is 0 Å². The molecule has 3 heteroatoms. The number of carbonyl (C=O) groups excluding carboxylic acids is 1. The molecule has 0 aromatic heterocycles. The highest BCUT2D eigenvalue weighted by Crippen LogP contribution is 2.74. The first-order valence-electron chi connectivity index (χ1n) is 12.1. The zero-order chi connectivity index (χ0) is 23.4. The molecule has 1 unspecified atom stereocenters. The fourth-order valence-corrected chi connectivity index (χ4v) is 18.2. The normalized spacial score (nSPS) is 18.8. The van der Waals surface area contributed by atoms with Crippen molar-refractivity contribution in [1.82, 2.24) is 0 Å². The van der Waals surface area contributed by atoms with Gasteiger partial charge in [0.05, 0.1) is 35.7 Å². The summed E-state index contributed by atoms with van der Waals surface area (Å²) in [6.45, 7) is 1.78. The summed E-state index contributed by atoms with van der Waals surface area (Å²) < 4.78 is 0. The Morgan fingerprint density at radius 2 is 1.00 bits per heavy atom. The summed E-state index contributed by atoms with van der Waals surface area (Å²) in [6, 6.07) is 44.5. The summed E-state index contributed by atoms with van der Waals surface area (Å²) in [5.74, 6) is 0.308. The average molecular weight is 483 g/mol. The van der Waals surface area contributed by atoms with E-state index in [1.807, 2.05) is 0 Å². The standard InChI is InChI=1S/C31H32OP2/c1-26(32)24-31-25-33(27-14-6-2-7-15-27,28-16-8-3-9-17-28)22-23-34(31,29-18-10-4-11-19-29)30-20-12-5-13-21-30/h2-21,31H,22-25H2,1H3/q+2. The highest BCUT2D eigenvalue weighted by atomic mass is 31.2. The third kappa shape index (κ3) is 4.17. The van der Waals surface area contributed by atoms with Crippen LogP contribution >= 0.6 is 14.5 Å². The van der Waals surface area contributed by atoms with Crippen LogP contribution in [0.4, 0.5) is 0 Å². The molecule has 0 saturated carbocycles. The third-order valence-corrected chi connectivity index (χ3v) is 17.7. The van der Waals surface area contributed by atoms with Crippen molar-refractivity contribution in [3.05, 3.63) is 121 Å². The summed E-state index contributed by atoms with van der Waals surface area (Å²) in [5, 5.41) is 5.86. The molecule has 0 N–H and O–H groups in total. The Hall–Kier alpha value is -2.59. The largest absolute Gasteiger partial charge is 0.300 e. The van der Waals surface area contributed by atoms with Gasteiger partial charge in [-0.25, -0.2) is 0 Å². The number of rotatable bonds is 6. The van der Waals surface area contributed by atoms with E-state index in [1.165, 1.54) is 27.4 Å². The monoisotopic (exact) mass is 482 g/mol. The number of ketones is 1. The highest BCUT2D eigenvalue weighted by Gasteiger charge is 2.62. The van der Waals surface area contributed by atoms with E-state index in [-0.39, 0.29) is 0 Å². The fraction of sp³-hybridized carbons (Fsp3) is 0.194. The zero-order valence-electron chi connectivity index (χ0n) is 19.8. The van der Waals surface area contributed by atoms with Gasteiger partial charge in [-0.05, 0) is 55.5 Å². The van der Waals surface area contributed by atoms with Crippen LogP contribution < -0.4 is 21.2 Å². The molecule has 4 aromatic carbocycles. The Morgan fingerprint density at radius 3 is 1.38 bits per heavy atom. The van der Waals surface area contributed by atoms with Crippen LogP contribution in [-0.4, -0.2) is 29.9 Å². The molecule has 4 aromatic rings. The van der Waals surface area contributed by atoms with Crippen molar-refractivity contribution in [3.8, 4) is 0 Å². The molecule has 170 valence electrons. The summed E-state index contributed by atoms with van der Waals surface area (Å²) in [6.07, 6.45) is 4.08. The minimum atomic E-state index is -1.77. The molecular formula is C31H32OP2+2. The lowest BCUT2D eigenvalue weighted by atomic mass is 10.2. The second kappa shape index (κ2) is 9.95. The predicted octanol–water partition coefficient (Wildman–Crippen LogP) is 5.68. The summed E-state index contributed by atoms with van der Waals surface area (Å²) in [5.41, 5.74) is 0.345. The Kier molecular flexibility index (Phi) is 6.78. The lowest BCUT2D eigenvalue weighted by Gasteiger charge is -2.43. The molecule has 34 heavy (non-hydrogen) atoms. The van der Waals surface area contributed by atoms with Crippen molar-refractivity contribution < 1.29 is 4.79 Å². The van der Waals surface area contributed by atoms with Crippen molar-refractivity contribution >= 4 is 41.5 Å². The number of hydrogen-bond donors (Lipinski definition) is 0. The predicted molar refractivity (Wildman–Crippen MR) is 152 cm³/mol. The zero-order valence-corrected chi connectivity index (χ0v) is 21.5. The van der Waals surface area contributed by atoms with E-state index in [0.29, 0.717) is 17.9 Å².